The molecule has 4 rings (SSSR count). The number of rotatable bonds is 4. The molecule has 2 aliphatic carbocycles. The minimum Gasteiger partial charge on any atom is -0.455 e. The number of hydrogen-bond acceptors (Lipinski definition) is 5. The highest BCUT2D eigenvalue weighted by Crippen LogP contribution is 2.53. The summed E-state index contributed by atoms with van der Waals surface area (Å²) in [5.74, 6) is -0.856. The number of carbonyl (C=O) groups is 1. The van der Waals surface area contributed by atoms with Gasteiger partial charge in [0, 0.05) is 5.54 Å². The summed E-state index contributed by atoms with van der Waals surface area (Å²) >= 11 is 0. The quantitative estimate of drug-likeness (QED) is 0.777. The molecule has 1 aromatic carbocycles. The molecule has 1 heterocycles. The molecule has 7 heteroatoms. The largest absolute Gasteiger partial charge is 0.455 e. The molecular weight excluding hydrogens is 354 g/mol. The Bertz CT molecular complexity index is 891. The van der Waals surface area contributed by atoms with Gasteiger partial charge in [-0.05, 0) is 44.6 Å². The average Bonchev–Trinajstić information content (AvgIpc) is 2.97. The van der Waals surface area contributed by atoms with Crippen LogP contribution in [-0.2, 0) is 25.3 Å². The monoisotopic (exact) mass is 377 g/mol. The van der Waals surface area contributed by atoms with E-state index in [2.05, 4.69) is 4.72 Å². The lowest BCUT2D eigenvalue weighted by molar-refractivity contribution is -0.140. The third-order valence-corrected chi connectivity index (χ3v) is 7.28. The van der Waals surface area contributed by atoms with E-state index in [1.54, 1.807) is 25.1 Å². The van der Waals surface area contributed by atoms with E-state index in [9.17, 15) is 18.3 Å². The van der Waals surface area contributed by atoms with Crippen LogP contribution in [-0.4, -0.2) is 36.7 Å². The SMILES string of the molecule is Cc1ccc(CS(=O)(=O)N[C@@]2(C)C=C3C(=O)O[C@@H]4CCC(C2)[C@]34O)cc1. The van der Waals surface area contributed by atoms with E-state index in [4.69, 9.17) is 4.74 Å². The van der Waals surface area contributed by atoms with Gasteiger partial charge in [0.05, 0.1) is 11.3 Å². The fourth-order valence-electron chi connectivity index (χ4n) is 4.64. The number of carbonyl (C=O) groups excluding carboxylic acids is 1. The highest BCUT2D eigenvalue weighted by atomic mass is 32.2. The maximum atomic E-state index is 12.7. The number of esters is 1. The first-order chi connectivity index (χ1) is 12.1. The van der Waals surface area contributed by atoms with E-state index >= 15 is 0 Å². The molecule has 0 amide bonds. The van der Waals surface area contributed by atoms with Crippen molar-refractivity contribution < 1.29 is 23.1 Å². The van der Waals surface area contributed by atoms with Crippen molar-refractivity contribution in [2.24, 2.45) is 5.92 Å². The van der Waals surface area contributed by atoms with E-state index in [1.165, 1.54) is 0 Å². The third-order valence-electron chi connectivity index (χ3n) is 5.79. The van der Waals surface area contributed by atoms with E-state index in [0.717, 1.165) is 5.56 Å². The zero-order chi connectivity index (χ0) is 18.7. The maximum Gasteiger partial charge on any atom is 0.337 e. The van der Waals surface area contributed by atoms with Gasteiger partial charge < -0.3 is 9.84 Å². The molecule has 1 aliphatic heterocycles. The van der Waals surface area contributed by atoms with E-state index in [1.807, 2.05) is 19.1 Å². The Morgan fingerprint density at radius 3 is 2.65 bits per heavy atom. The second-order valence-corrected chi connectivity index (χ2v) is 9.74. The van der Waals surface area contributed by atoms with E-state index in [0.29, 0.717) is 24.8 Å². The third kappa shape index (κ3) is 2.78. The van der Waals surface area contributed by atoms with Crippen molar-refractivity contribution in [2.45, 2.75) is 56.1 Å². The van der Waals surface area contributed by atoms with Gasteiger partial charge in [-0.2, -0.15) is 0 Å². The van der Waals surface area contributed by atoms with Crippen LogP contribution in [0.3, 0.4) is 0 Å². The molecule has 0 radical (unpaired) electrons. The van der Waals surface area contributed by atoms with Crippen molar-refractivity contribution in [3.63, 3.8) is 0 Å². The number of benzene rings is 1. The highest BCUT2D eigenvalue weighted by molar-refractivity contribution is 7.88. The van der Waals surface area contributed by atoms with Gasteiger partial charge in [0.15, 0.2) is 0 Å². The van der Waals surface area contributed by atoms with Crippen LogP contribution in [0.25, 0.3) is 0 Å². The van der Waals surface area contributed by atoms with Crippen molar-refractivity contribution in [3.8, 4) is 0 Å². The summed E-state index contributed by atoms with van der Waals surface area (Å²) in [6.45, 7) is 3.70. The lowest BCUT2D eigenvalue weighted by atomic mass is 9.71. The molecule has 2 fully saturated rings. The predicted molar refractivity (Wildman–Crippen MR) is 95.6 cm³/mol. The second-order valence-electron chi connectivity index (χ2n) is 8.02. The minimum atomic E-state index is -3.62. The predicted octanol–water partition coefficient (Wildman–Crippen LogP) is 1.57. The van der Waals surface area contributed by atoms with Gasteiger partial charge in [0.2, 0.25) is 10.0 Å². The van der Waals surface area contributed by atoms with E-state index in [-0.39, 0.29) is 17.2 Å². The fourth-order valence-corrected chi connectivity index (χ4v) is 6.20. The maximum absolute atomic E-state index is 12.7. The van der Waals surface area contributed by atoms with Crippen LogP contribution in [0.2, 0.25) is 0 Å². The summed E-state index contributed by atoms with van der Waals surface area (Å²) in [6.07, 6.45) is 2.81. The molecule has 1 saturated carbocycles. The zero-order valence-corrected chi connectivity index (χ0v) is 15.7. The van der Waals surface area contributed by atoms with Crippen LogP contribution < -0.4 is 4.72 Å². The summed E-state index contributed by atoms with van der Waals surface area (Å²) in [4.78, 5) is 12.2. The Morgan fingerprint density at radius 2 is 1.96 bits per heavy atom. The van der Waals surface area contributed by atoms with Crippen LogP contribution in [0.5, 0.6) is 0 Å². The Hall–Kier alpha value is -1.70. The lowest BCUT2D eigenvalue weighted by Gasteiger charge is -2.40. The average molecular weight is 377 g/mol. The molecule has 0 spiro atoms. The molecule has 2 N–H and O–H groups in total. The summed E-state index contributed by atoms with van der Waals surface area (Å²) in [6, 6.07) is 7.35. The van der Waals surface area contributed by atoms with Gasteiger partial charge >= 0.3 is 5.97 Å². The minimum absolute atomic E-state index is 0.131. The molecule has 1 saturated heterocycles. The summed E-state index contributed by atoms with van der Waals surface area (Å²) in [5.41, 5.74) is -0.213. The van der Waals surface area contributed by atoms with Gasteiger partial charge in [0.1, 0.15) is 11.7 Å². The first kappa shape index (κ1) is 17.7. The van der Waals surface area contributed by atoms with E-state index < -0.39 is 33.2 Å². The van der Waals surface area contributed by atoms with Crippen LogP contribution in [0.1, 0.15) is 37.3 Å². The number of sulfonamides is 1. The number of aliphatic hydroxyl groups is 1. The van der Waals surface area contributed by atoms with Crippen LogP contribution >= 0.6 is 0 Å². The molecule has 1 unspecified atom stereocenters. The molecule has 3 aliphatic rings. The van der Waals surface area contributed by atoms with Gasteiger partial charge in [-0.25, -0.2) is 17.9 Å². The van der Waals surface area contributed by atoms with Crippen molar-refractivity contribution in [2.75, 3.05) is 0 Å². The Morgan fingerprint density at radius 1 is 1.27 bits per heavy atom. The van der Waals surface area contributed by atoms with Gasteiger partial charge in [-0.1, -0.05) is 35.9 Å². The van der Waals surface area contributed by atoms with Crippen molar-refractivity contribution in [1.29, 1.82) is 0 Å². The highest BCUT2D eigenvalue weighted by Gasteiger charge is 2.64. The Kier molecular flexibility index (Phi) is 3.84. The molecule has 4 atom stereocenters. The normalized spacial score (nSPS) is 35.8. The smallest absolute Gasteiger partial charge is 0.337 e. The number of hydrogen-bond donors (Lipinski definition) is 2. The number of ether oxygens (including phenoxy) is 1. The summed E-state index contributed by atoms with van der Waals surface area (Å²) in [5, 5.41) is 11.0. The molecule has 140 valence electrons. The summed E-state index contributed by atoms with van der Waals surface area (Å²) in [7, 11) is -3.62. The lowest BCUT2D eigenvalue weighted by Crippen LogP contribution is -2.54. The molecule has 26 heavy (non-hydrogen) atoms. The topological polar surface area (TPSA) is 92.7 Å². The first-order valence-corrected chi connectivity index (χ1v) is 10.5. The van der Waals surface area contributed by atoms with Crippen LogP contribution in [0, 0.1) is 12.8 Å². The number of aryl methyl sites for hydroxylation is 1. The molecule has 0 aromatic heterocycles. The first-order valence-electron chi connectivity index (χ1n) is 8.85. The van der Waals surface area contributed by atoms with Gasteiger partial charge in [-0.3, -0.25) is 0 Å². The van der Waals surface area contributed by atoms with Gasteiger partial charge in [0.25, 0.3) is 0 Å². The molecular formula is C19H23NO5S. The van der Waals surface area contributed by atoms with Crippen molar-refractivity contribution >= 4 is 16.0 Å². The van der Waals surface area contributed by atoms with Crippen LogP contribution in [0.15, 0.2) is 35.9 Å². The molecule has 6 nitrogen and oxygen atoms in total. The van der Waals surface area contributed by atoms with Crippen molar-refractivity contribution in [1.82, 2.24) is 4.72 Å². The van der Waals surface area contributed by atoms with Gasteiger partial charge in [-0.15, -0.1) is 0 Å². The second kappa shape index (κ2) is 5.65. The Balaban J connectivity index is 1.60. The van der Waals surface area contributed by atoms with Crippen LogP contribution in [0.4, 0.5) is 0 Å². The van der Waals surface area contributed by atoms with Crippen molar-refractivity contribution in [3.05, 3.63) is 47.0 Å². The fraction of sp³-hybridized carbons (Fsp3) is 0.526. The molecule has 0 bridgehead atoms. The summed E-state index contributed by atoms with van der Waals surface area (Å²) < 4.78 is 33.4. The zero-order valence-electron chi connectivity index (χ0n) is 14.9. The molecule has 1 aromatic rings. The standard InChI is InChI=1S/C19H23NO5S/c1-12-3-5-13(6-4-12)11-26(23,24)20-18(2)9-14-7-8-16-19(14,22)15(10-18)17(21)25-16/h3-6,10,14,16,20,22H,7-9,11H2,1-2H3/t14?,16-,18-,19+/m1/s1. The Labute approximate surface area is 153 Å². The number of nitrogens with one attached hydrogen (secondary N) is 1.